The molecule has 0 aliphatic carbocycles. The normalized spacial score (nSPS) is 17.8. The molecule has 5 heteroatoms. The molecular weight excluding hydrogens is 187 g/mol. The van der Waals surface area contributed by atoms with Crippen molar-refractivity contribution in [3.8, 4) is 0 Å². The molecule has 0 fully saturated rings. The van der Waals surface area contributed by atoms with E-state index in [0.717, 1.165) is 5.06 Å². The molecule has 0 bridgehead atoms. The lowest BCUT2D eigenvalue weighted by molar-refractivity contribution is -0.171. The minimum absolute atomic E-state index is 0.0325. The molecular formula is C8H19N2O2P. The fraction of sp³-hybridized carbons (Fsp3) is 1.00. The molecule has 0 aliphatic rings. The smallest absolute Gasteiger partial charge is 0.156 e. The molecule has 78 valence electrons. The van der Waals surface area contributed by atoms with Gasteiger partial charge in [0.05, 0.1) is 12.2 Å². The first-order chi connectivity index (χ1) is 5.80. The Bertz CT molecular complexity index is 168. The van der Waals surface area contributed by atoms with Crippen LogP contribution in [0.3, 0.4) is 0 Å². The van der Waals surface area contributed by atoms with Crippen LogP contribution in [0.5, 0.6) is 0 Å². The molecule has 0 aromatic rings. The van der Waals surface area contributed by atoms with Crippen molar-refractivity contribution < 1.29 is 9.77 Å². The lowest BCUT2D eigenvalue weighted by atomic mass is 9.87. The van der Waals surface area contributed by atoms with Crippen molar-refractivity contribution in [1.29, 1.82) is 0 Å². The third-order valence-electron chi connectivity index (χ3n) is 1.98. The highest BCUT2D eigenvalue weighted by molar-refractivity contribution is 7.23. The lowest BCUT2D eigenvalue weighted by Crippen LogP contribution is -2.50. The van der Waals surface area contributed by atoms with Crippen molar-refractivity contribution in [1.82, 2.24) is 5.06 Å². The molecule has 0 spiro atoms. The number of hydrogen-bond acceptors (Lipinski definition) is 4. The summed E-state index contributed by atoms with van der Waals surface area (Å²) in [6.45, 7) is 7.64. The number of nitrogens with two attached hydrogens (primary N) is 1. The van der Waals surface area contributed by atoms with E-state index in [0.29, 0.717) is 6.16 Å². The van der Waals surface area contributed by atoms with Crippen molar-refractivity contribution in [3.05, 3.63) is 0 Å². The van der Waals surface area contributed by atoms with E-state index in [9.17, 15) is 9.77 Å². The van der Waals surface area contributed by atoms with Crippen LogP contribution in [0.2, 0.25) is 0 Å². The summed E-state index contributed by atoms with van der Waals surface area (Å²) in [7, 11) is 0.0325. The van der Waals surface area contributed by atoms with Gasteiger partial charge >= 0.3 is 0 Å². The zero-order valence-corrected chi connectivity index (χ0v) is 9.58. The van der Waals surface area contributed by atoms with Crippen LogP contribution in [0.15, 0.2) is 0 Å². The van der Waals surface area contributed by atoms with Gasteiger partial charge in [-0.2, -0.15) is 5.06 Å². The minimum Gasteiger partial charge on any atom is -0.314 e. The highest BCUT2D eigenvalue weighted by Gasteiger charge is 2.31. The van der Waals surface area contributed by atoms with Gasteiger partial charge in [0.2, 0.25) is 0 Å². The molecule has 0 saturated carbocycles. The Kier molecular flexibility index (Phi) is 5.00. The van der Waals surface area contributed by atoms with E-state index < -0.39 is 6.17 Å². The monoisotopic (exact) mass is 206 g/mol. The standard InChI is InChI=1S/C8H19N2O2P/c1-6(9)10(11)7(5-13-12)8(2,3)4/h6-7,11H,5,9H2,1-4H3. The van der Waals surface area contributed by atoms with Gasteiger partial charge in [-0.15, -0.1) is 0 Å². The van der Waals surface area contributed by atoms with Crippen LogP contribution in [0, 0.1) is 5.41 Å². The second-order valence-electron chi connectivity index (χ2n) is 4.31. The Hall–Kier alpha value is -0.0200. The number of hydrogen-bond donors (Lipinski definition) is 2. The van der Waals surface area contributed by atoms with E-state index in [4.69, 9.17) is 5.73 Å². The molecule has 4 nitrogen and oxygen atoms in total. The van der Waals surface area contributed by atoms with Crippen molar-refractivity contribution >= 4 is 8.46 Å². The van der Waals surface area contributed by atoms with E-state index in [2.05, 4.69) is 0 Å². The Morgan fingerprint density at radius 1 is 1.54 bits per heavy atom. The van der Waals surface area contributed by atoms with Gasteiger partial charge in [0.15, 0.2) is 8.46 Å². The minimum atomic E-state index is -0.439. The second kappa shape index (κ2) is 5.01. The zero-order valence-electron chi connectivity index (χ0n) is 8.69. The fourth-order valence-corrected chi connectivity index (χ4v) is 1.97. The molecule has 0 radical (unpaired) electrons. The predicted octanol–water partition coefficient (Wildman–Crippen LogP) is 1.69. The maximum absolute atomic E-state index is 10.5. The molecule has 2 atom stereocenters. The molecule has 0 heterocycles. The molecule has 0 aromatic heterocycles. The number of rotatable bonds is 4. The highest BCUT2D eigenvalue weighted by atomic mass is 31.1. The van der Waals surface area contributed by atoms with Crippen LogP contribution in [-0.4, -0.2) is 28.6 Å². The third kappa shape index (κ3) is 4.14. The van der Waals surface area contributed by atoms with Gasteiger partial charge in [0.25, 0.3) is 0 Å². The van der Waals surface area contributed by atoms with Gasteiger partial charge < -0.3 is 10.9 Å². The second-order valence-corrected chi connectivity index (χ2v) is 4.94. The topological polar surface area (TPSA) is 66.6 Å². The summed E-state index contributed by atoms with van der Waals surface area (Å²) in [5.74, 6) is 0. The van der Waals surface area contributed by atoms with E-state index in [1.165, 1.54) is 0 Å². The maximum Gasteiger partial charge on any atom is 0.156 e. The Morgan fingerprint density at radius 3 is 2.23 bits per heavy atom. The third-order valence-corrected chi connectivity index (χ3v) is 2.48. The van der Waals surface area contributed by atoms with E-state index in [-0.39, 0.29) is 19.9 Å². The number of hydroxylamine groups is 2. The Morgan fingerprint density at radius 2 is 2.00 bits per heavy atom. The van der Waals surface area contributed by atoms with Crippen molar-refractivity contribution in [2.45, 2.75) is 39.9 Å². The van der Waals surface area contributed by atoms with Crippen molar-refractivity contribution in [2.75, 3.05) is 6.16 Å². The predicted molar refractivity (Wildman–Crippen MR) is 53.0 cm³/mol. The van der Waals surface area contributed by atoms with Crippen LogP contribution in [0.4, 0.5) is 0 Å². The Labute approximate surface area is 81.3 Å². The molecule has 13 heavy (non-hydrogen) atoms. The molecule has 0 rings (SSSR count). The zero-order chi connectivity index (χ0) is 10.6. The van der Waals surface area contributed by atoms with Gasteiger partial charge in [-0.25, -0.2) is 0 Å². The molecule has 0 aliphatic heterocycles. The molecule has 2 unspecified atom stereocenters. The van der Waals surface area contributed by atoms with E-state index in [1.807, 2.05) is 20.8 Å². The van der Waals surface area contributed by atoms with Crippen LogP contribution >= 0.6 is 8.46 Å². The Balaban J connectivity index is 4.50. The van der Waals surface area contributed by atoms with Crippen LogP contribution in [0.25, 0.3) is 0 Å². The molecule has 0 saturated heterocycles. The summed E-state index contributed by atoms with van der Waals surface area (Å²) >= 11 is 0. The summed E-state index contributed by atoms with van der Waals surface area (Å²) in [5, 5.41) is 10.7. The van der Waals surface area contributed by atoms with Gasteiger partial charge in [-0.3, -0.25) is 4.57 Å². The van der Waals surface area contributed by atoms with Crippen molar-refractivity contribution in [3.63, 3.8) is 0 Å². The quantitative estimate of drug-likeness (QED) is 0.417. The first-order valence-corrected chi connectivity index (χ1v) is 5.32. The van der Waals surface area contributed by atoms with E-state index >= 15 is 0 Å². The van der Waals surface area contributed by atoms with Gasteiger partial charge in [0, 0.05) is 6.16 Å². The average Bonchev–Trinajstić information content (AvgIpc) is 1.96. The first-order valence-electron chi connectivity index (χ1n) is 4.32. The maximum atomic E-state index is 10.5. The highest BCUT2D eigenvalue weighted by Crippen LogP contribution is 2.26. The molecule has 0 aromatic carbocycles. The van der Waals surface area contributed by atoms with Gasteiger partial charge in [-0.05, 0) is 12.3 Å². The van der Waals surface area contributed by atoms with E-state index in [1.54, 1.807) is 6.92 Å². The summed E-state index contributed by atoms with van der Waals surface area (Å²) in [6, 6.07) is -0.188. The summed E-state index contributed by atoms with van der Waals surface area (Å²) in [6.07, 6.45) is -0.0485. The molecule has 0 amide bonds. The molecule has 3 N–H and O–H groups in total. The van der Waals surface area contributed by atoms with Crippen LogP contribution in [-0.2, 0) is 4.57 Å². The van der Waals surface area contributed by atoms with Crippen LogP contribution in [0.1, 0.15) is 27.7 Å². The van der Waals surface area contributed by atoms with Crippen molar-refractivity contribution in [2.24, 2.45) is 11.1 Å². The summed E-state index contributed by atoms with van der Waals surface area (Å²) in [5.41, 5.74) is 5.40. The summed E-state index contributed by atoms with van der Waals surface area (Å²) in [4.78, 5) is 0. The average molecular weight is 206 g/mol. The SMILES string of the molecule is CC(N)N(O)C(CP=O)C(C)(C)C. The van der Waals surface area contributed by atoms with Gasteiger partial charge in [-0.1, -0.05) is 20.8 Å². The summed E-state index contributed by atoms with van der Waals surface area (Å²) < 4.78 is 10.5. The lowest BCUT2D eigenvalue weighted by Gasteiger charge is -2.36. The number of nitrogens with zero attached hydrogens (tertiary/aromatic N) is 1. The van der Waals surface area contributed by atoms with Crippen LogP contribution < -0.4 is 5.73 Å². The fourth-order valence-electron chi connectivity index (χ4n) is 1.11. The largest absolute Gasteiger partial charge is 0.314 e. The first kappa shape index (κ1) is 13.0. The van der Waals surface area contributed by atoms with Gasteiger partial charge in [0.1, 0.15) is 0 Å².